The van der Waals surface area contributed by atoms with E-state index in [4.69, 9.17) is 0 Å². The second kappa shape index (κ2) is 9.93. The molecule has 0 atom stereocenters. The number of sulfonamides is 1. The summed E-state index contributed by atoms with van der Waals surface area (Å²) in [6.07, 6.45) is 1.98. The largest absolute Gasteiger partial charge is 0.351 e. The van der Waals surface area contributed by atoms with E-state index in [-0.39, 0.29) is 23.9 Å². The van der Waals surface area contributed by atoms with Gasteiger partial charge in [-0.1, -0.05) is 32.0 Å². The smallest absolute Gasteiger partial charge is 0.230 e. The topological polar surface area (TPSA) is 75.3 Å². The van der Waals surface area contributed by atoms with Crippen LogP contribution >= 0.6 is 11.8 Å². The van der Waals surface area contributed by atoms with Gasteiger partial charge >= 0.3 is 0 Å². The van der Waals surface area contributed by atoms with Gasteiger partial charge in [-0.25, -0.2) is 12.8 Å². The molecule has 0 fully saturated rings. The highest BCUT2D eigenvalue weighted by Gasteiger charge is 2.09. The highest BCUT2D eigenvalue weighted by Crippen LogP contribution is 2.20. The molecule has 2 aromatic rings. The van der Waals surface area contributed by atoms with Gasteiger partial charge < -0.3 is 5.32 Å². The Hall–Kier alpha value is -2.06. The van der Waals surface area contributed by atoms with Crippen molar-refractivity contribution in [2.75, 3.05) is 16.7 Å². The van der Waals surface area contributed by atoms with Crippen LogP contribution in [-0.4, -0.2) is 26.3 Å². The average Bonchev–Trinajstić information content (AvgIpc) is 2.60. The van der Waals surface area contributed by atoms with Crippen LogP contribution < -0.4 is 10.0 Å². The van der Waals surface area contributed by atoms with Gasteiger partial charge in [-0.3, -0.25) is 9.52 Å². The average molecular weight is 425 g/mol. The maximum absolute atomic E-state index is 13.9. The SMILES string of the molecule is CC(C)Cc1ccc(SCC(=O)NCc2ccc(NS(C)(=O)=O)c(F)c2)cc1. The molecule has 0 heterocycles. The number of carbonyl (C=O) groups excluding carboxylic acids is 1. The number of amides is 1. The third-order valence-corrected chi connectivity index (χ3v) is 5.36. The fourth-order valence-electron chi connectivity index (χ4n) is 2.54. The highest BCUT2D eigenvalue weighted by molar-refractivity contribution is 8.00. The number of nitrogens with one attached hydrogen (secondary N) is 2. The van der Waals surface area contributed by atoms with Gasteiger partial charge in [0.25, 0.3) is 0 Å². The highest BCUT2D eigenvalue weighted by atomic mass is 32.2. The first-order valence-electron chi connectivity index (χ1n) is 8.87. The fraction of sp³-hybridized carbons (Fsp3) is 0.350. The van der Waals surface area contributed by atoms with E-state index in [1.54, 1.807) is 6.07 Å². The minimum absolute atomic E-state index is 0.117. The van der Waals surface area contributed by atoms with Crippen LogP contribution in [0.1, 0.15) is 25.0 Å². The summed E-state index contributed by atoms with van der Waals surface area (Å²) in [5.41, 5.74) is 1.71. The molecule has 152 valence electrons. The van der Waals surface area contributed by atoms with Crippen molar-refractivity contribution < 1.29 is 17.6 Å². The molecule has 0 aliphatic carbocycles. The predicted molar refractivity (Wildman–Crippen MR) is 112 cm³/mol. The molecule has 2 aromatic carbocycles. The molecule has 0 aromatic heterocycles. The first-order chi connectivity index (χ1) is 13.1. The van der Waals surface area contributed by atoms with Crippen molar-refractivity contribution in [3.63, 3.8) is 0 Å². The first kappa shape index (κ1) is 22.2. The van der Waals surface area contributed by atoms with Crippen LogP contribution in [0, 0.1) is 11.7 Å². The molecule has 2 rings (SSSR count). The van der Waals surface area contributed by atoms with Crippen molar-refractivity contribution in [1.82, 2.24) is 5.32 Å². The van der Waals surface area contributed by atoms with Crippen molar-refractivity contribution in [3.05, 3.63) is 59.4 Å². The summed E-state index contributed by atoms with van der Waals surface area (Å²) in [6.45, 7) is 4.52. The van der Waals surface area contributed by atoms with Crippen LogP contribution in [0.3, 0.4) is 0 Å². The quantitative estimate of drug-likeness (QED) is 0.601. The summed E-state index contributed by atoms with van der Waals surface area (Å²) in [5, 5.41) is 2.74. The number of anilines is 1. The van der Waals surface area contributed by atoms with Gasteiger partial charge in [0.05, 0.1) is 17.7 Å². The molecule has 2 N–H and O–H groups in total. The Morgan fingerprint density at radius 2 is 1.75 bits per heavy atom. The van der Waals surface area contributed by atoms with Gasteiger partial charge in [-0.2, -0.15) is 0 Å². The zero-order valence-corrected chi connectivity index (χ0v) is 17.8. The van der Waals surface area contributed by atoms with E-state index in [2.05, 4.69) is 36.0 Å². The third-order valence-electron chi connectivity index (χ3n) is 3.76. The van der Waals surface area contributed by atoms with E-state index < -0.39 is 15.8 Å². The van der Waals surface area contributed by atoms with Crippen LogP contribution in [0.5, 0.6) is 0 Å². The lowest BCUT2D eigenvalue weighted by molar-refractivity contribution is -0.118. The fourth-order valence-corrected chi connectivity index (χ4v) is 3.84. The summed E-state index contributed by atoms with van der Waals surface area (Å²) in [5.74, 6) is 0.0214. The Kier molecular flexibility index (Phi) is 7.88. The molecule has 0 spiro atoms. The number of thioether (sulfide) groups is 1. The lowest BCUT2D eigenvalue weighted by atomic mass is 10.0. The molecule has 0 aliphatic rings. The molecule has 0 unspecified atom stereocenters. The van der Waals surface area contributed by atoms with Gasteiger partial charge in [-0.15, -0.1) is 11.8 Å². The molecule has 0 saturated heterocycles. The number of rotatable bonds is 9. The van der Waals surface area contributed by atoms with Crippen LogP contribution in [0.25, 0.3) is 0 Å². The first-order valence-corrected chi connectivity index (χ1v) is 11.7. The van der Waals surface area contributed by atoms with Crippen LogP contribution in [0.15, 0.2) is 47.4 Å². The number of hydrogen-bond acceptors (Lipinski definition) is 4. The summed E-state index contributed by atoms with van der Waals surface area (Å²) in [4.78, 5) is 13.0. The zero-order valence-electron chi connectivity index (χ0n) is 16.2. The lowest BCUT2D eigenvalue weighted by Gasteiger charge is -2.09. The van der Waals surface area contributed by atoms with E-state index >= 15 is 0 Å². The van der Waals surface area contributed by atoms with Crippen LogP contribution in [0.2, 0.25) is 0 Å². The van der Waals surface area contributed by atoms with Crippen molar-refractivity contribution in [2.45, 2.75) is 31.7 Å². The van der Waals surface area contributed by atoms with Crippen molar-refractivity contribution in [1.29, 1.82) is 0 Å². The number of hydrogen-bond donors (Lipinski definition) is 2. The van der Waals surface area contributed by atoms with Crippen LogP contribution in [-0.2, 0) is 27.8 Å². The molecule has 28 heavy (non-hydrogen) atoms. The molecule has 1 amide bonds. The molecular formula is C20H25FN2O3S2. The summed E-state index contributed by atoms with van der Waals surface area (Å²) < 4.78 is 38.4. The molecule has 0 bridgehead atoms. The van der Waals surface area contributed by atoms with E-state index in [1.165, 1.54) is 29.5 Å². The minimum Gasteiger partial charge on any atom is -0.351 e. The third kappa shape index (κ3) is 7.90. The maximum atomic E-state index is 13.9. The number of benzene rings is 2. The molecule has 5 nitrogen and oxygen atoms in total. The van der Waals surface area contributed by atoms with Crippen molar-refractivity contribution in [3.8, 4) is 0 Å². The second-order valence-corrected chi connectivity index (χ2v) is 9.79. The van der Waals surface area contributed by atoms with Gasteiger partial charge in [0.2, 0.25) is 15.9 Å². The Labute approximate surface area is 170 Å². The van der Waals surface area contributed by atoms with Gasteiger partial charge in [0, 0.05) is 11.4 Å². The second-order valence-electron chi connectivity index (χ2n) is 7.00. The number of halogens is 1. The van der Waals surface area contributed by atoms with Gasteiger partial charge in [-0.05, 0) is 47.7 Å². The maximum Gasteiger partial charge on any atom is 0.230 e. The lowest BCUT2D eigenvalue weighted by Crippen LogP contribution is -2.24. The standard InChI is InChI=1S/C20H25FN2O3S2/c1-14(2)10-15-4-7-17(8-5-15)27-13-20(24)22-12-16-6-9-19(18(21)11-16)23-28(3,25)26/h4-9,11,14,23H,10,12-13H2,1-3H3,(H,22,24). The van der Waals surface area contributed by atoms with E-state index in [0.29, 0.717) is 11.5 Å². The Morgan fingerprint density at radius 1 is 1.11 bits per heavy atom. The molecule has 0 aliphatic heterocycles. The number of carbonyl (C=O) groups is 1. The van der Waals surface area contributed by atoms with E-state index in [1.807, 2.05) is 12.1 Å². The van der Waals surface area contributed by atoms with E-state index in [0.717, 1.165) is 17.6 Å². The summed E-state index contributed by atoms with van der Waals surface area (Å²) in [6, 6.07) is 12.3. The normalized spacial score (nSPS) is 11.5. The molecule has 0 saturated carbocycles. The zero-order chi connectivity index (χ0) is 20.7. The minimum atomic E-state index is -3.54. The predicted octanol–water partition coefficient (Wildman–Crippen LogP) is 3.80. The Balaban J connectivity index is 1.81. The van der Waals surface area contributed by atoms with Gasteiger partial charge in [0.1, 0.15) is 5.82 Å². The Morgan fingerprint density at radius 3 is 2.32 bits per heavy atom. The molecular weight excluding hydrogens is 399 g/mol. The van der Waals surface area contributed by atoms with Crippen molar-refractivity contribution in [2.24, 2.45) is 5.92 Å². The van der Waals surface area contributed by atoms with Crippen LogP contribution in [0.4, 0.5) is 10.1 Å². The summed E-state index contributed by atoms with van der Waals surface area (Å²) >= 11 is 1.44. The monoisotopic (exact) mass is 424 g/mol. The van der Waals surface area contributed by atoms with Gasteiger partial charge in [0.15, 0.2) is 0 Å². The summed E-state index contributed by atoms with van der Waals surface area (Å²) in [7, 11) is -3.54. The van der Waals surface area contributed by atoms with E-state index in [9.17, 15) is 17.6 Å². The van der Waals surface area contributed by atoms with Crippen molar-refractivity contribution >= 4 is 33.4 Å². The molecule has 8 heteroatoms. The molecule has 0 radical (unpaired) electrons. The Bertz CT molecular complexity index is 914.